The molecule has 0 atom stereocenters. The number of methoxy groups -OCH3 is 1. The molecule has 0 unspecified atom stereocenters. The number of carbonyl (C=O) groups excluding carboxylic acids is 2. The molecule has 96 valence electrons. The fraction of sp³-hybridized carbons (Fsp3) is 0.167. The van der Waals surface area contributed by atoms with Crippen LogP contribution in [0.3, 0.4) is 0 Å². The molecule has 0 amide bonds. The average molecular weight is 258 g/mol. The zero-order valence-electron chi connectivity index (χ0n) is 9.32. The number of esters is 1. The average Bonchev–Trinajstić information content (AvgIpc) is 2.34. The van der Waals surface area contributed by atoms with Crippen LogP contribution in [0, 0.1) is 0 Å². The van der Waals surface area contributed by atoms with Crippen molar-refractivity contribution in [2.45, 2.75) is 6.18 Å². The summed E-state index contributed by atoms with van der Waals surface area (Å²) in [4.78, 5) is 22.2. The van der Waals surface area contributed by atoms with Gasteiger partial charge in [-0.15, -0.1) is 0 Å². The van der Waals surface area contributed by atoms with Gasteiger partial charge in [-0.1, -0.05) is 12.1 Å². The minimum atomic E-state index is -4.44. The van der Waals surface area contributed by atoms with Gasteiger partial charge >= 0.3 is 12.1 Å². The van der Waals surface area contributed by atoms with Crippen LogP contribution in [-0.2, 0) is 15.7 Å². The number of halogens is 3. The van der Waals surface area contributed by atoms with Crippen LogP contribution < -0.4 is 0 Å². The van der Waals surface area contributed by atoms with Gasteiger partial charge in [0.15, 0.2) is 5.78 Å². The molecule has 0 saturated heterocycles. The van der Waals surface area contributed by atoms with Crippen molar-refractivity contribution >= 4 is 11.8 Å². The van der Waals surface area contributed by atoms with E-state index in [1.54, 1.807) is 0 Å². The minimum Gasteiger partial charge on any atom is -0.466 e. The highest BCUT2D eigenvalue weighted by atomic mass is 19.4. The summed E-state index contributed by atoms with van der Waals surface area (Å²) in [5.74, 6) is -1.29. The topological polar surface area (TPSA) is 43.4 Å². The van der Waals surface area contributed by atoms with E-state index in [4.69, 9.17) is 0 Å². The number of rotatable bonds is 3. The second-order valence-electron chi connectivity index (χ2n) is 3.30. The molecule has 0 N–H and O–H groups in total. The summed E-state index contributed by atoms with van der Waals surface area (Å²) in [5.41, 5.74) is -0.779. The van der Waals surface area contributed by atoms with Crippen molar-refractivity contribution < 1.29 is 27.5 Å². The van der Waals surface area contributed by atoms with Gasteiger partial charge in [0.1, 0.15) is 0 Å². The van der Waals surface area contributed by atoms with Crippen molar-refractivity contribution in [3.05, 3.63) is 47.5 Å². The van der Waals surface area contributed by atoms with E-state index in [9.17, 15) is 22.8 Å². The SMILES string of the molecule is COC(=O)/C=C/C(=O)c1ccc(C(F)(F)F)cc1. The highest BCUT2D eigenvalue weighted by Gasteiger charge is 2.30. The molecule has 1 aromatic rings. The van der Waals surface area contributed by atoms with E-state index in [1.807, 2.05) is 0 Å². The first-order valence-electron chi connectivity index (χ1n) is 4.82. The van der Waals surface area contributed by atoms with Crippen LogP contribution in [0.2, 0.25) is 0 Å². The first kappa shape index (κ1) is 14.0. The van der Waals surface area contributed by atoms with Gasteiger partial charge in [-0.2, -0.15) is 13.2 Å². The molecule has 0 aliphatic heterocycles. The van der Waals surface area contributed by atoms with E-state index >= 15 is 0 Å². The van der Waals surface area contributed by atoms with Crippen LogP contribution in [0.15, 0.2) is 36.4 Å². The summed E-state index contributed by atoms with van der Waals surface area (Å²) in [7, 11) is 1.15. The maximum atomic E-state index is 12.3. The lowest BCUT2D eigenvalue weighted by Crippen LogP contribution is -2.05. The van der Waals surface area contributed by atoms with E-state index in [1.165, 1.54) is 0 Å². The molecule has 0 aliphatic carbocycles. The standard InChI is InChI=1S/C12H9F3O3/c1-18-11(17)7-6-10(16)8-2-4-9(5-3-8)12(13,14)15/h2-7H,1H3/b7-6+. The normalized spacial score (nSPS) is 11.6. The van der Waals surface area contributed by atoms with Crippen molar-refractivity contribution in [2.24, 2.45) is 0 Å². The van der Waals surface area contributed by atoms with Gasteiger partial charge < -0.3 is 4.74 Å². The number of benzene rings is 1. The Bertz CT molecular complexity index is 472. The molecule has 1 aromatic carbocycles. The molecule has 0 fully saturated rings. The quantitative estimate of drug-likeness (QED) is 0.475. The van der Waals surface area contributed by atoms with Gasteiger partial charge in [0, 0.05) is 11.6 Å². The predicted octanol–water partition coefficient (Wildman–Crippen LogP) is 2.62. The Kier molecular flexibility index (Phi) is 4.25. The van der Waals surface area contributed by atoms with E-state index in [2.05, 4.69) is 4.74 Å². The Morgan fingerprint density at radius 2 is 1.67 bits per heavy atom. The summed E-state index contributed by atoms with van der Waals surface area (Å²) in [6.45, 7) is 0. The van der Waals surface area contributed by atoms with E-state index in [-0.39, 0.29) is 5.56 Å². The molecule has 0 bridgehead atoms. The lowest BCUT2D eigenvalue weighted by atomic mass is 10.1. The molecule has 3 nitrogen and oxygen atoms in total. The van der Waals surface area contributed by atoms with E-state index in [0.717, 1.165) is 43.5 Å². The Morgan fingerprint density at radius 1 is 1.11 bits per heavy atom. The lowest BCUT2D eigenvalue weighted by Gasteiger charge is -2.06. The Morgan fingerprint density at radius 3 is 2.11 bits per heavy atom. The zero-order valence-corrected chi connectivity index (χ0v) is 9.32. The molecule has 0 radical (unpaired) electrons. The molecule has 18 heavy (non-hydrogen) atoms. The predicted molar refractivity (Wildman–Crippen MR) is 56.9 cm³/mol. The third-order valence-corrected chi connectivity index (χ3v) is 2.07. The summed E-state index contributed by atoms with van der Waals surface area (Å²) in [6, 6.07) is 3.71. The number of hydrogen-bond donors (Lipinski definition) is 0. The van der Waals surface area contributed by atoms with Crippen LogP contribution in [0.4, 0.5) is 13.2 Å². The number of carbonyl (C=O) groups is 2. The molecule has 0 saturated carbocycles. The third kappa shape index (κ3) is 3.73. The lowest BCUT2D eigenvalue weighted by molar-refractivity contribution is -0.137. The zero-order chi connectivity index (χ0) is 13.8. The molecule has 0 aliphatic rings. The van der Waals surface area contributed by atoms with Crippen LogP contribution in [0.25, 0.3) is 0 Å². The van der Waals surface area contributed by atoms with Gasteiger partial charge in [0.2, 0.25) is 0 Å². The first-order chi connectivity index (χ1) is 8.34. The van der Waals surface area contributed by atoms with Crippen LogP contribution in [0.1, 0.15) is 15.9 Å². The minimum absolute atomic E-state index is 0.0585. The summed E-state index contributed by atoms with van der Waals surface area (Å²) < 4.78 is 41.1. The second-order valence-corrected chi connectivity index (χ2v) is 3.30. The van der Waals surface area contributed by atoms with E-state index in [0.29, 0.717) is 0 Å². The van der Waals surface area contributed by atoms with Crippen molar-refractivity contribution in [3.63, 3.8) is 0 Å². The highest BCUT2D eigenvalue weighted by molar-refractivity contribution is 6.06. The van der Waals surface area contributed by atoms with Gasteiger partial charge in [0.25, 0.3) is 0 Å². The first-order valence-corrected chi connectivity index (χ1v) is 4.82. The Balaban J connectivity index is 2.83. The van der Waals surface area contributed by atoms with Gasteiger partial charge in [-0.05, 0) is 18.2 Å². The maximum Gasteiger partial charge on any atom is 0.416 e. The monoisotopic (exact) mass is 258 g/mol. The molecular formula is C12H9F3O3. The van der Waals surface area contributed by atoms with E-state index < -0.39 is 23.5 Å². The molecule has 6 heteroatoms. The van der Waals surface area contributed by atoms with Crippen LogP contribution in [0.5, 0.6) is 0 Å². The second kappa shape index (κ2) is 5.48. The molecule has 1 rings (SSSR count). The Hall–Kier alpha value is -2.11. The van der Waals surface area contributed by atoms with Crippen molar-refractivity contribution in [1.82, 2.24) is 0 Å². The molecule has 0 heterocycles. The summed E-state index contributed by atoms with van der Waals surface area (Å²) in [5, 5.41) is 0. The van der Waals surface area contributed by atoms with Crippen LogP contribution >= 0.6 is 0 Å². The van der Waals surface area contributed by atoms with Crippen molar-refractivity contribution in [1.29, 1.82) is 0 Å². The highest BCUT2D eigenvalue weighted by Crippen LogP contribution is 2.29. The molecule has 0 spiro atoms. The number of ketones is 1. The fourth-order valence-corrected chi connectivity index (χ4v) is 1.13. The van der Waals surface area contributed by atoms with Gasteiger partial charge in [0.05, 0.1) is 12.7 Å². The number of hydrogen-bond acceptors (Lipinski definition) is 3. The number of alkyl halides is 3. The van der Waals surface area contributed by atoms with Gasteiger partial charge in [-0.3, -0.25) is 4.79 Å². The maximum absolute atomic E-state index is 12.3. The van der Waals surface area contributed by atoms with Gasteiger partial charge in [-0.25, -0.2) is 4.79 Å². The Labute approximate surface area is 101 Å². The largest absolute Gasteiger partial charge is 0.466 e. The molecular weight excluding hydrogens is 249 g/mol. The summed E-state index contributed by atoms with van der Waals surface area (Å²) >= 11 is 0. The third-order valence-electron chi connectivity index (χ3n) is 2.07. The number of ether oxygens (including phenoxy) is 1. The van der Waals surface area contributed by atoms with Crippen molar-refractivity contribution in [3.8, 4) is 0 Å². The number of allylic oxidation sites excluding steroid dienone is 1. The van der Waals surface area contributed by atoms with Crippen LogP contribution in [-0.4, -0.2) is 18.9 Å². The summed E-state index contributed by atoms with van der Waals surface area (Å²) in [6.07, 6.45) is -2.60. The smallest absolute Gasteiger partial charge is 0.416 e. The fourth-order valence-electron chi connectivity index (χ4n) is 1.13. The molecule has 0 aromatic heterocycles. The van der Waals surface area contributed by atoms with Crippen molar-refractivity contribution in [2.75, 3.05) is 7.11 Å².